The molecule has 0 spiro atoms. The first-order chi connectivity index (χ1) is 7.65. The highest BCUT2D eigenvalue weighted by Gasteiger charge is 2.10. The molecule has 0 aliphatic heterocycles. The van der Waals surface area contributed by atoms with Crippen LogP contribution in [0.5, 0.6) is 0 Å². The van der Waals surface area contributed by atoms with Crippen molar-refractivity contribution in [2.24, 2.45) is 0 Å². The third kappa shape index (κ3) is 3.87. The van der Waals surface area contributed by atoms with Crippen LogP contribution in [0.25, 0.3) is 0 Å². The standard InChI is InChI=1S/C12H18F2N2/c1-15-7-4-8-16(2)9-10-11(13)5-3-6-12(10)14/h3,5-6,15H,4,7-9H2,1-2H3. The van der Waals surface area contributed by atoms with Crippen LogP contribution in [0, 0.1) is 11.6 Å². The molecule has 0 heterocycles. The minimum atomic E-state index is -0.472. The van der Waals surface area contributed by atoms with Crippen LogP contribution in [-0.4, -0.2) is 32.1 Å². The maximum Gasteiger partial charge on any atom is 0.130 e. The molecule has 0 saturated heterocycles. The predicted molar refractivity (Wildman–Crippen MR) is 61.2 cm³/mol. The second-order valence-electron chi connectivity index (χ2n) is 3.90. The van der Waals surface area contributed by atoms with Crippen molar-refractivity contribution in [3.63, 3.8) is 0 Å². The van der Waals surface area contributed by atoms with E-state index >= 15 is 0 Å². The molecule has 0 radical (unpaired) electrons. The maximum absolute atomic E-state index is 13.3. The molecular weight excluding hydrogens is 210 g/mol. The van der Waals surface area contributed by atoms with E-state index in [-0.39, 0.29) is 5.56 Å². The molecule has 1 aromatic rings. The number of rotatable bonds is 6. The van der Waals surface area contributed by atoms with Gasteiger partial charge in [-0.25, -0.2) is 8.78 Å². The van der Waals surface area contributed by atoms with Gasteiger partial charge in [0.1, 0.15) is 11.6 Å². The second-order valence-corrected chi connectivity index (χ2v) is 3.90. The largest absolute Gasteiger partial charge is 0.320 e. The molecule has 0 fully saturated rings. The molecule has 90 valence electrons. The molecule has 0 unspecified atom stereocenters. The van der Waals surface area contributed by atoms with Crippen molar-refractivity contribution in [1.82, 2.24) is 10.2 Å². The average Bonchev–Trinajstić information content (AvgIpc) is 2.24. The SMILES string of the molecule is CNCCCN(C)Cc1c(F)cccc1F. The van der Waals surface area contributed by atoms with E-state index in [0.717, 1.165) is 19.5 Å². The number of nitrogens with zero attached hydrogens (tertiary/aromatic N) is 1. The Kier molecular flexibility index (Phi) is 5.35. The van der Waals surface area contributed by atoms with Crippen molar-refractivity contribution in [2.75, 3.05) is 27.2 Å². The fourth-order valence-corrected chi connectivity index (χ4v) is 1.56. The molecule has 0 aliphatic carbocycles. The summed E-state index contributed by atoms with van der Waals surface area (Å²) in [6.45, 7) is 2.03. The van der Waals surface area contributed by atoms with Gasteiger partial charge in [0.2, 0.25) is 0 Å². The molecule has 0 amide bonds. The summed E-state index contributed by atoms with van der Waals surface area (Å²) in [7, 11) is 3.75. The van der Waals surface area contributed by atoms with Crippen LogP contribution < -0.4 is 5.32 Å². The lowest BCUT2D eigenvalue weighted by Crippen LogP contribution is -2.23. The minimum absolute atomic E-state index is 0.148. The molecule has 1 rings (SSSR count). The Morgan fingerprint density at radius 3 is 2.44 bits per heavy atom. The van der Waals surface area contributed by atoms with Gasteiger partial charge < -0.3 is 10.2 Å². The van der Waals surface area contributed by atoms with Gasteiger partial charge in [-0.05, 0) is 45.7 Å². The normalized spacial score (nSPS) is 11.1. The fourth-order valence-electron chi connectivity index (χ4n) is 1.56. The summed E-state index contributed by atoms with van der Waals surface area (Å²) >= 11 is 0. The predicted octanol–water partition coefficient (Wildman–Crippen LogP) is 2.01. The van der Waals surface area contributed by atoms with E-state index in [0.29, 0.717) is 6.54 Å². The number of benzene rings is 1. The first kappa shape index (κ1) is 13.1. The van der Waals surface area contributed by atoms with Crippen molar-refractivity contribution < 1.29 is 8.78 Å². The maximum atomic E-state index is 13.3. The number of halogens is 2. The lowest BCUT2D eigenvalue weighted by atomic mass is 10.2. The average molecular weight is 228 g/mol. The second kappa shape index (κ2) is 6.55. The van der Waals surface area contributed by atoms with Gasteiger partial charge in [-0.2, -0.15) is 0 Å². The van der Waals surface area contributed by atoms with Crippen LogP contribution in [0.15, 0.2) is 18.2 Å². The van der Waals surface area contributed by atoms with E-state index < -0.39 is 11.6 Å². The molecule has 4 heteroatoms. The van der Waals surface area contributed by atoms with Crippen molar-refractivity contribution in [2.45, 2.75) is 13.0 Å². The van der Waals surface area contributed by atoms with Gasteiger partial charge in [0.15, 0.2) is 0 Å². The van der Waals surface area contributed by atoms with Gasteiger partial charge in [0.05, 0.1) is 0 Å². The molecule has 0 bridgehead atoms. The molecule has 2 nitrogen and oxygen atoms in total. The summed E-state index contributed by atoms with van der Waals surface area (Å²) in [5.41, 5.74) is 0.148. The highest BCUT2D eigenvalue weighted by molar-refractivity contribution is 5.19. The highest BCUT2D eigenvalue weighted by atomic mass is 19.1. The zero-order chi connectivity index (χ0) is 12.0. The van der Waals surface area contributed by atoms with Crippen molar-refractivity contribution in [3.05, 3.63) is 35.4 Å². The van der Waals surface area contributed by atoms with Crippen LogP contribution in [0.4, 0.5) is 8.78 Å². The zero-order valence-corrected chi connectivity index (χ0v) is 9.76. The van der Waals surface area contributed by atoms with Crippen molar-refractivity contribution >= 4 is 0 Å². The van der Waals surface area contributed by atoms with E-state index in [2.05, 4.69) is 5.32 Å². The Hall–Kier alpha value is -1.00. The van der Waals surface area contributed by atoms with Crippen LogP contribution in [0.3, 0.4) is 0 Å². The summed E-state index contributed by atoms with van der Waals surface area (Å²) in [5, 5.41) is 3.03. The summed E-state index contributed by atoms with van der Waals surface area (Å²) in [6.07, 6.45) is 0.961. The monoisotopic (exact) mass is 228 g/mol. The summed E-state index contributed by atoms with van der Waals surface area (Å²) in [5.74, 6) is -0.944. The Morgan fingerprint density at radius 1 is 1.25 bits per heavy atom. The molecule has 16 heavy (non-hydrogen) atoms. The van der Waals surface area contributed by atoms with E-state index in [1.807, 2.05) is 19.0 Å². The number of hydrogen-bond acceptors (Lipinski definition) is 2. The molecule has 0 saturated carbocycles. The van der Waals surface area contributed by atoms with Gasteiger partial charge >= 0.3 is 0 Å². The summed E-state index contributed by atoms with van der Waals surface area (Å²) < 4.78 is 26.6. The Morgan fingerprint density at radius 2 is 1.88 bits per heavy atom. The van der Waals surface area contributed by atoms with Crippen LogP contribution in [0.2, 0.25) is 0 Å². The first-order valence-corrected chi connectivity index (χ1v) is 5.41. The summed E-state index contributed by atoms with van der Waals surface area (Å²) in [4.78, 5) is 1.92. The quantitative estimate of drug-likeness (QED) is 0.749. The van der Waals surface area contributed by atoms with Crippen LogP contribution in [-0.2, 0) is 6.54 Å². The van der Waals surface area contributed by atoms with E-state index in [1.54, 1.807) is 0 Å². The third-order valence-electron chi connectivity index (χ3n) is 2.46. The topological polar surface area (TPSA) is 15.3 Å². The van der Waals surface area contributed by atoms with Crippen molar-refractivity contribution in [3.8, 4) is 0 Å². The van der Waals surface area contributed by atoms with Crippen LogP contribution in [0.1, 0.15) is 12.0 Å². The molecule has 1 aromatic carbocycles. The van der Waals surface area contributed by atoms with Gasteiger partial charge in [0, 0.05) is 12.1 Å². The van der Waals surface area contributed by atoms with Gasteiger partial charge in [0.25, 0.3) is 0 Å². The van der Waals surface area contributed by atoms with Crippen LogP contribution >= 0.6 is 0 Å². The smallest absolute Gasteiger partial charge is 0.130 e. The van der Waals surface area contributed by atoms with E-state index in [1.165, 1.54) is 18.2 Å². The Labute approximate surface area is 95.3 Å². The first-order valence-electron chi connectivity index (χ1n) is 5.41. The molecular formula is C12H18F2N2. The molecule has 1 N–H and O–H groups in total. The molecule has 0 atom stereocenters. The minimum Gasteiger partial charge on any atom is -0.320 e. The zero-order valence-electron chi connectivity index (χ0n) is 9.76. The Bertz CT molecular complexity index is 309. The lowest BCUT2D eigenvalue weighted by molar-refractivity contribution is 0.309. The van der Waals surface area contributed by atoms with E-state index in [9.17, 15) is 8.78 Å². The van der Waals surface area contributed by atoms with Gasteiger partial charge in [-0.1, -0.05) is 6.07 Å². The van der Waals surface area contributed by atoms with E-state index in [4.69, 9.17) is 0 Å². The molecule has 0 aliphatic rings. The van der Waals surface area contributed by atoms with Gasteiger partial charge in [-0.15, -0.1) is 0 Å². The van der Waals surface area contributed by atoms with Gasteiger partial charge in [-0.3, -0.25) is 0 Å². The summed E-state index contributed by atoms with van der Waals surface area (Å²) in [6, 6.07) is 3.97. The number of nitrogens with one attached hydrogen (secondary N) is 1. The highest BCUT2D eigenvalue weighted by Crippen LogP contribution is 2.13. The number of hydrogen-bond donors (Lipinski definition) is 1. The van der Waals surface area contributed by atoms with Crippen molar-refractivity contribution in [1.29, 1.82) is 0 Å². The lowest BCUT2D eigenvalue weighted by Gasteiger charge is -2.17. The fraction of sp³-hybridized carbons (Fsp3) is 0.500. The molecule has 0 aromatic heterocycles. The Balaban J connectivity index is 2.52. The third-order valence-corrected chi connectivity index (χ3v) is 2.46.